The molecule has 2 atom stereocenters. The summed E-state index contributed by atoms with van der Waals surface area (Å²) >= 11 is 3.34. The van der Waals surface area contributed by atoms with E-state index in [4.69, 9.17) is 4.74 Å². The number of hydrogen-bond donors (Lipinski definition) is 1. The van der Waals surface area contributed by atoms with Crippen molar-refractivity contribution in [2.24, 2.45) is 0 Å². The van der Waals surface area contributed by atoms with E-state index >= 15 is 0 Å². The van der Waals surface area contributed by atoms with Gasteiger partial charge in [-0.15, -0.1) is 11.3 Å². The monoisotopic (exact) mass is 375 g/mol. The molecule has 3 heterocycles. The molecule has 6 heteroatoms. The number of hydrogen-bond acceptors (Lipinski definition) is 5. The summed E-state index contributed by atoms with van der Waals surface area (Å²) < 4.78 is 6.72. The zero-order valence-corrected chi connectivity index (χ0v) is 16.0. The molecule has 1 N–H and O–H groups in total. The fourth-order valence-corrected chi connectivity index (χ4v) is 5.67. The van der Waals surface area contributed by atoms with Crippen LogP contribution in [0.15, 0.2) is 38.8 Å². The molecule has 1 fully saturated rings. The fraction of sp³-hybridized carbons (Fsp3) is 0.421. The first-order valence-corrected chi connectivity index (χ1v) is 10.1. The van der Waals surface area contributed by atoms with Crippen LogP contribution in [0.4, 0.5) is 5.69 Å². The molecule has 0 spiro atoms. The number of aliphatic hydroxyl groups is 1. The van der Waals surface area contributed by atoms with E-state index in [2.05, 4.69) is 23.6 Å². The first-order chi connectivity index (χ1) is 11.9. The third-order valence-corrected chi connectivity index (χ3v) is 7.07. The van der Waals surface area contributed by atoms with Gasteiger partial charge in [0.05, 0.1) is 28.9 Å². The molecule has 1 amide bonds. The van der Waals surface area contributed by atoms with Gasteiger partial charge in [0.2, 0.25) is 5.91 Å². The normalized spacial score (nSPS) is 26.1. The Morgan fingerprint density at radius 2 is 2.24 bits per heavy atom. The number of carbonyl (C=O) groups is 1. The maximum absolute atomic E-state index is 11.8. The van der Waals surface area contributed by atoms with Gasteiger partial charge in [-0.25, -0.2) is 0 Å². The quantitative estimate of drug-likeness (QED) is 0.886. The Balaban J connectivity index is 1.52. The highest BCUT2D eigenvalue weighted by atomic mass is 32.2. The lowest BCUT2D eigenvalue weighted by Gasteiger charge is -2.35. The highest BCUT2D eigenvalue weighted by Gasteiger charge is 2.35. The van der Waals surface area contributed by atoms with Crippen LogP contribution in [0, 0.1) is 0 Å². The van der Waals surface area contributed by atoms with Crippen LogP contribution in [0.3, 0.4) is 0 Å². The van der Waals surface area contributed by atoms with Crippen molar-refractivity contribution in [1.29, 1.82) is 0 Å². The molecule has 1 saturated heterocycles. The summed E-state index contributed by atoms with van der Waals surface area (Å²) in [4.78, 5) is 14.7. The number of thiophene rings is 1. The Bertz CT molecular complexity index is 819. The van der Waals surface area contributed by atoms with E-state index in [1.807, 2.05) is 20.0 Å². The number of likely N-dealkylation sites (N-methyl/N-ethyl adjacent to an activating group) is 1. The predicted molar refractivity (Wildman–Crippen MR) is 101 cm³/mol. The van der Waals surface area contributed by atoms with Gasteiger partial charge < -0.3 is 14.7 Å². The van der Waals surface area contributed by atoms with Crippen molar-refractivity contribution in [2.45, 2.75) is 47.0 Å². The minimum absolute atomic E-state index is 0.0843. The SMILES string of the molecule is C[C@H]1C[C@@](O)(c2csc(Sc3ccc4c(c3)CC(=O)N4C)c2)CCO1. The van der Waals surface area contributed by atoms with Crippen LogP contribution in [0.2, 0.25) is 0 Å². The van der Waals surface area contributed by atoms with Crippen molar-refractivity contribution in [3.63, 3.8) is 0 Å². The van der Waals surface area contributed by atoms with Crippen molar-refractivity contribution in [3.8, 4) is 0 Å². The van der Waals surface area contributed by atoms with Crippen LogP contribution in [0.1, 0.15) is 30.9 Å². The number of fused-ring (bicyclic) bond motifs is 1. The highest BCUT2D eigenvalue weighted by molar-refractivity contribution is 8.01. The van der Waals surface area contributed by atoms with Crippen LogP contribution < -0.4 is 4.90 Å². The summed E-state index contributed by atoms with van der Waals surface area (Å²) in [6, 6.07) is 8.28. The van der Waals surface area contributed by atoms with Gasteiger partial charge in [-0.1, -0.05) is 11.8 Å². The zero-order valence-electron chi connectivity index (χ0n) is 14.3. The second-order valence-electron chi connectivity index (χ2n) is 6.84. The maximum Gasteiger partial charge on any atom is 0.231 e. The van der Waals surface area contributed by atoms with E-state index in [0.29, 0.717) is 25.9 Å². The Labute approximate surface area is 155 Å². The summed E-state index contributed by atoms with van der Waals surface area (Å²) in [7, 11) is 1.82. The van der Waals surface area contributed by atoms with Crippen LogP contribution in [0.5, 0.6) is 0 Å². The number of benzene rings is 1. The van der Waals surface area contributed by atoms with Crippen molar-refractivity contribution >= 4 is 34.7 Å². The van der Waals surface area contributed by atoms with Gasteiger partial charge in [0.25, 0.3) is 0 Å². The number of rotatable bonds is 3. The summed E-state index contributed by atoms with van der Waals surface area (Å²) in [5, 5.41) is 13.0. The van der Waals surface area contributed by atoms with Gasteiger partial charge in [0.15, 0.2) is 0 Å². The Kier molecular flexibility index (Phi) is 4.40. The molecule has 2 aromatic rings. The van der Waals surface area contributed by atoms with Crippen molar-refractivity contribution in [3.05, 3.63) is 40.8 Å². The maximum atomic E-state index is 11.8. The molecule has 1 aromatic carbocycles. The molecule has 4 rings (SSSR count). The molecule has 132 valence electrons. The number of carbonyl (C=O) groups excluding carboxylic acids is 1. The van der Waals surface area contributed by atoms with E-state index < -0.39 is 5.60 Å². The summed E-state index contributed by atoms with van der Waals surface area (Å²) in [5.41, 5.74) is 2.31. The Morgan fingerprint density at radius 3 is 3.04 bits per heavy atom. The third-order valence-electron chi connectivity index (χ3n) is 5.00. The van der Waals surface area contributed by atoms with Gasteiger partial charge >= 0.3 is 0 Å². The number of anilines is 1. The first-order valence-electron chi connectivity index (χ1n) is 8.45. The van der Waals surface area contributed by atoms with Gasteiger partial charge in [0.1, 0.15) is 0 Å². The molecule has 2 aliphatic heterocycles. The molecule has 0 aliphatic carbocycles. The van der Waals surface area contributed by atoms with Crippen molar-refractivity contribution in [2.75, 3.05) is 18.6 Å². The standard InChI is InChI=1S/C19H21NO3S2/c1-12-10-19(22,5-6-23-12)14-9-18(24-11-14)25-15-3-4-16-13(7-15)8-17(21)20(16)2/h3-4,7,9,11-12,22H,5-6,8,10H2,1-2H3/t12-,19+/m0/s1. The van der Waals surface area contributed by atoms with Crippen LogP contribution in [-0.2, 0) is 21.6 Å². The van der Waals surface area contributed by atoms with E-state index in [9.17, 15) is 9.90 Å². The van der Waals surface area contributed by atoms with E-state index in [-0.39, 0.29) is 12.0 Å². The number of ether oxygens (including phenoxy) is 1. The van der Waals surface area contributed by atoms with Gasteiger partial charge in [0, 0.05) is 30.5 Å². The first kappa shape index (κ1) is 17.1. The van der Waals surface area contributed by atoms with Crippen LogP contribution in [0.25, 0.3) is 0 Å². The minimum Gasteiger partial charge on any atom is -0.385 e. The summed E-state index contributed by atoms with van der Waals surface area (Å²) in [5.74, 6) is 0.145. The molecule has 0 unspecified atom stereocenters. The zero-order chi connectivity index (χ0) is 17.6. The largest absolute Gasteiger partial charge is 0.385 e. The predicted octanol–water partition coefficient (Wildman–Crippen LogP) is 3.80. The average molecular weight is 376 g/mol. The molecule has 4 nitrogen and oxygen atoms in total. The van der Waals surface area contributed by atoms with E-state index in [1.165, 1.54) is 0 Å². The van der Waals surface area contributed by atoms with Crippen molar-refractivity contribution < 1.29 is 14.6 Å². The molecule has 25 heavy (non-hydrogen) atoms. The van der Waals surface area contributed by atoms with E-state index in [0.717, 1.165) is 25.9 Å². The topological polar surface area (TPSA) is 49.8 Å². The minimum atomic E-state index is -0.778. The molecule has 2 aliphatic rings. The Morgan fingerprint density at radius 1 is 1.40 bits per heavy atom. The summed E-state index contributed by atoms with van der Waals surface area (Å²) in [6.07, 6.45) is 1.85. The number of amides is 1. The molecular formula is C19H21NO3S2. The highest BCUT2D eigenvalue weighted by Crippen LogP contribution is 2.42. The van der Waals surface area contributed by atoms with Gasteiger partial charge in [-0.2, -0.15) is 0 Å². The second kappa shape index (κ2) is 6.43. The van der Waals surface area contributed by atoms with E-state index in [1.54, 1.807) is 28.0 Å². The lowest BCUT2D eigenvalue weighted by molar-refractivity contribution is -0.117. The lowest BCUT2D eigenvalue weighted by Crippen LogP contribution is -2.37. The van der Waals surface area contributed by atoms with Crippen molar-refractivity contribution in [1.82, 2.24) is 0 Å². The second-order valence-corrected chi connectivity index (χ2v) is 9.13. The summed E-state index contributed by atoms with van der Waals surface area (Å²) in [6.45, 7) is 2.61. The smallest absolute Gasteiger partial charge is 0.231 e. The lowest BCUT2D eigenvalue weighted by atomic mass is 9.86. The molecule has 0 saturated carbocycles. The average Bonchev–Trinajstić information content (AvgIpc) is 3.13. The molecular weight excluding hydrogens is 354 g/mol. The third kappa shape index (κ3) is 3.24. The number of nitrogens with zero attached hydrogens (tertiary/aromatic N) is 1. The van der Waals surface area contributed by atoms with Crippen LogP contribution in [-0.4, -0.2) is 30.8 Å². The fourth-order valence-electron chi connectivity index (χ4n) is 3.57. The van der Waals surface area contributed by atoms with Gasteiger partial charge in [-0.3, -0.25) is 4.79 Å². The Hall–Kier alpha value is -1.34. The molecule has 0 bridgehead atoms. The molecule has 0 radical (unpaired) electrons. The van der Waals surface area contributed by atoms with Crippen LogP contribution >= 0.6 is 23.1 Å². The molecule has 1 aromatic heterocycles. The van der Waals surface area contributed by atoms with Gasteiger partial charge in [-0.05, 0) is 47.7 Å².